The summed E-state index contributed by atoms with van der Waals surface area (Å²) in [6.45, 7) is 12.5. The third kappa shape index (κ3) is 10.6. The fourth-order valence-electron chi connectivity index (χ4n) is 14.0. The van der Waals surface area contributed by atoms with Gasteiger partial charge in [0.15, 0.2) is 11.5 Å². The summed E-state index contributed by atoms with van der Waals surface area (Å²) in [5, 5.41) is 20.7. The first-order chi connectivity index (χ1) is 33.0. The Kier molecular flexibility index (Phi) is 15.5. The number of hydrogen-bond donors (Lipinski definition) is 2. The molecule has 0 spiro atoms. The van der Waals surface area contributed by atoms with Crippen LogP contribution < -0.4 is 9.47 Å². The summed E-state index contributed by atoms with van der Waals surface area (Å²) >= 11 is 13.6. The van der Waals surface area contributed by atoms with E-state index in [1.165, 1.54) is 94.9 Å². The third-order valence-corrected chi connectivity index (χ3v) is 18.0. The van der Waals surface area contributed by atoms with E-state index in [0.29, 0.717) is 45.8 Å². The fourth-order valence-corrected chi connectivity index (χ4v) is 14.5. The first-order valence-electron chi connectivity index (χ1n) is 25.4. The minimum Gasteiger partial charge on any atom is -0.478 e. The molecule has 4 saturated carbocycles. The predicted molar refractivity (Wildman–Crippen MR) is 272 cm³/mol. The van der Waals surface area contributed by atoms with Crippen LogP contribution in [0.3, 0.4) is 0 Å². The topological polar surface area (TPSA) is 127 Å². The van der Waals surface area contributed by atoms with Gasteiger partial charge in [0.05, 0.1) is 21.2 Å². The molecule has 69 heavy (non-hydrogen) atoms. The first-order valence-corrected chi connectivity index (χ1v) is 26.1. The zero-order valence-corrected chi connectivity index (χ0v) is 42.3. The van der Waals surface area contributed by atoms with Gasteiger partial charge in [-0.2, -0.15) is 0 Å². The molecule has 0 amide bonds. The maximum absolute atomic E-state index is 13.1. The lowest BCUT2D eigenvalue weighted by Crippen LogP contribution is -2.53. The van der Waals surface area contributed by atoms with E-state index in [1.807, 2.05) is 6.08 Å². The van der Waals surface area contributed by atoms with Crippen molar-refractivity contribution in [3.05, 3.63) is 134 Å². The number of halogens is 2. The number of ether oxygens (including phenoxy) is 2. The number of benzene rings is 4. The van der Waals surface area contributed by atoms with Crippen LogP contribution in [-0.4, -0.2) is 34.1 Å². The van der Waals surface area contributed by atoms with E-state index in [1.54, 1.807) is 60.7 Å². The van der Waals surface area contributed by atoms with Gasteiger partial charge in [0, 0.05) is 0 Å². The molecule has 0 saturated heterocycles. The summed E-state index contributed by atoms with van der Waals surface area (Å²) < 4.78 is 11.2. The second-order valence-electron chi connectivity index (χ2n) is 21.8. The Hall–Kier alpha value is -4.92. The summed E-state index contributed by atoms with van der Waals surface area (Å²) in [5.41, 5.74) is 1.75. The molecule has 0 aliphatic heterocycles. The van der Waals surface area contributed by atoms with E-state index >= 15 is 0 Å². The van der Waals surface area contributed by atoms with Gasteiger partial charge in [0.1, 0.15) is 11.1 Å². The Balaban J connectivity index is 1.04. The quantitative estimate of drug-likeness (QED) is 0.0839. The molecule has 366 valence electrons. The highest BCUT2D eigenvalue weighted by atomic mass is 35.5. The van der Waals surface area contributed by atoms with Gasteiger partial charge in [-0.05, 0) is 194 Å². The zero-order chi connectivity index (χ0) is 49.2. The summed E-state index contributed by atoms with van der Waals surface area (Å²) in [5.74, 6) is 1.12. The molecule has 2 unspecified atom stereocenters. The predicted octanol–water partition coefficient (Wildman–Crippen LogP) is 15.8. The Morgan fingerprint density at radius 2 is 1.20 bits per heavy atom. The van der Waals surface area contributed by atoms with Gasteiger partial charge in [-0.15, -0.1) is 0 Å². The van der Waals surface area contributed by atoms with Crippen LogP contribution >= 0.6 is 23.2 Å². The number of carbonyl (C=O) groups is 4. The molecular weight excluding hydrogens is 908 g/mol. The molecule has 4 aliphatic rings. The average Bonchev–Trinajstić information content (AvgIpc) is 3.69. The number of esters is 2. The van der Waals surface area contributed by atoms with E-state index in [4.69, 9.17) is 32.7 Å². The number of aromatic carboxylic acids is 2. The van der Waals surface area contributed by atoms with Crippen LogP contribution in [0.25, 0.3) is 5.57 Å². The molecule has 2 N–H and O–H groups in total. The molecule has 0 radical (unpaired) electrons. The van der Waals surface area contributed by atoms with Gasteiger partial charge in [0.2, 0.25) is 0 Å². The second-order valence-corrected chi connectivity index (χ2v) is 22.6. The van der Waals surface area contributed by atoms with Crippen molar-refractivity contribution in [2.24, 2.45) is 58.2 Å². The number of rotatable bonds is 16. The maximum Gasteiger partial charge on any atom is 0.343 e. The van der Waals surface area contributed by atoms with Gasteiger partial charge in [-0.3, -0.25) is 0 Å². The Labute approximate surface area is 418 Å². The largest absolute Gasteiger partial charge is 0.478 e. The number of carbonyl (C=O) groups excluding carboxylic acids is 2. The van der Waals surface area contributed by atoms with Gasteiger partial charge >= 0.3 is 23.9 Å². The molecule has 9 atom stereocenters. The maximum atomic E-state index is 13.1. The third-order valence-electron chi connectivity index (χ3n) is 17.5. The Bertz CT molecular complexity index is 2450. The molecule has 8 nitrogen and oxygen atoms in total. The number of carboxylic acid groups (broad SMARTS) is 2. The summed E-state index contributed by atoms with van der Waals surface area (Å²) in [7, 11) is 0. The van der Waals surface area contributed by atoms with Crippen molar-refractivity contribution in [2.75, 3.05) is 0 Å². The highest BCUT2D eigenvalue weighted by Crippen LogP contribution is 2.69. The SMILES string of the molecule is CC(C)CCC[C@@H](C)[C@H]1CC[C@H]2[C@@H]3CCC4CC(CCC=C(c5cc(Cl)c(OC(=O)c6ccccc6)c(C(=O)O)c5)c5cc(Cl)c(OC(=O)c6ccccc6)c(C(=O)O)c5)CC[C@]4(C)[C@H]3CC[C@]12C. The smallest absolute Gasteiger partial charge is 0.343 e. The highest BCUT2D eigenvalue weighted by Gasteiger charge is 2.60. The lowest BCUT2D eigenvalue weighted by atomic mass is 9.44. The molecule has 4 aliphatic carbocycles. The molecule has 8 rings (SSSR count). The molecule has 0 bridgehead atoms. The fraction of sp³-hybridized carbons (Fsp3) is 0.492. The molecular formula is C59H68Cl2O8. The minimum absolute atomic E-state index is 0.118. The lowest BCUT2D eigenvalue weighted by Gasteiger charge is -2.61. The van der Waals surface area contributed by atoms with Gasteiger partial charge < -0.3 is 19.7 Å². The van der Waals surface area contributed by atoms with Crippen molar-refractivity contribution in [3.8, 4) is 11.5 Å². The normalized spacial score (nSPS) is 26.5. The van der Waals surface area contributed by atoms with Crippen molar-refractivity contribution >= 4 is 52.7 Å². The minimum atomic E-state index is -1.37. The molecule has 0 heterocycles. The van der Waals surface area contributed by atoms with Crippen molar-refractivity contribution < 1.29 is 38.9 Å². The lowest BCUT2D eigenvalue weighted by molar-refractivity contribution is -0.121. The zero-order valence-electron chi connectivity index (χ0n) is 40.8. The number of fused-ring (bicyclic) bond motifs is 5. The Morgan fingerprint density at radius 3 is 1.74 bits per heavy atom. The summed E-state index contributed by atoms with van der Waals surface area (Å²) in [6.07, 6.45) is 19.2. The number of carboxylic acids is 2. The van der Waals surface area contributed by atoms with E-state index in [2.05, 4.69) is 34.6 Å². The van der Waals surface area contributed by atoms with Crippen LogP contribution in [0, 0.1) is 58.2 Å². The van der Waals surface area contributed by atoms with E-state index in [-0.39, 0.29) is 43.8 Å². The van der Waals surface area contributed by atoms with Crippen LogP contribution in [0.4, 0.5) is 0 Å². The highest BCUT2D eigenvalue weighted by molar-refractivity contribution is 6.34. The van der Waals surface area contributed by atoms with Crippen LogP contribution in [0.2, 0.25) is 10.0 Å². The number of allylic oxidation sites excluding steroid dienone is 1. The molecule has 0 aromatic heterocycles. The van der Waals surface area contributed by atoms with Crippen molar-refractivity contribution in [3.63, 3.8) is 0 Å². The van der Waals surface area contributed by atoms with Gasteiger partial charge in [-0.25, -0.2) is 19.2 Å². The first kappa shape index (κ1) is 50.5. The van der Waals surface area contributed by atoms with Crippen molar-refractivity contribution in [1.82, 2.24) is 0 Å². The molecule has 4 aromatic carbocycles. The Morgan fingerprint density at radius 1 is 0.667 bits per heavy atom. The summed E-state index contributed by atoms with van der Waals surface area (Å²) in [6, 6.07) is 22.2. The van der Waals surface area contributed by atoms with Crippen LogP contribution in [-0.2, 0) is 0 Å². The number of hydrogen-bond acceptors (Lipinski definition) is 6. The second kappa shape index (κ2) is 21.2. The average molecular weight is 976 g/mol. The van der Waals surface area contributed by atoms with E-state index in [0.717, 1.165) is 48.3 Å². The molecule has 4 aromatic rings. The van der Waals surface area contributed by atoms with Crippen LogP contribution in [0.1, 0.15) is 177 Å². The van der Waals surface area contributed by atoms with Crippen molar-refractivity contribution in [1.29, 1.82) is 0 Å². The summed E-state index contributed by atoms with van der Waals surface area (Å²) in [4.78, 5) is 52.0. The van der Waals surface area contributed by atoms with Gasteiger partial charge in [-0.1, -0.05) is 120 Å². The van der Waals surface area contributed by atoms with E-state index < -0.39 is 23.9 Å². The van der Waals surface area contributed by atoms with Crippen LogP contribution in [0.15, 0.2) is 91.0 Å². The monoisotopic (exact) mass is 974 g/mol. The molecule has 4 fully saturated rings. The molecule has 10 heteroatoms. The van der Waals surface area contributed by atoms with Gasteiger partial charge in [0.25, 0.3) is 0 Å². The van der Waals surface area contributed by atoms with Crippen LogP contribution in [0.5, 0.6) is 11.5 Å². The standard InChI is InChI=1S/C59H68Cl2O8/c1-35(2)14-12-15-36(3)47-24-25-48-44-23-22-42-30-37(26-28-58(42,4)49(44)27-29-59(47,48)5)16-13-21-43(40-31-45(54(62)63)52(50(60)33-40)68-56(66)38-17-8-6-9-18-38)41-32-46(55(64)65)53(51(61)34-41)69-57(67)39-19-10-7-11-20-39/h6-11,17-21,31-37,42,44,47-49H,12-16,22-30H2,1-5H3,(H,62,63)(H,64,65)/t36-,37?,42?,44+,47-,48+,49+,58+,59-/m1/s1. The van der Waals surface area contributed by atoms with Crippen molar-refractivity contribution in [2.45, 2.75) is 125 Å². The van der Waals surface area contributed by atoms with E-state index in [9.17, 15) is 29.4 Å².